The number of anilines is 2. The number of rotatable bonds is 10. The molecule has 0 unspecified atom stereocenters. The van der Waals surface area contributed by atoms with Gasteiger partial charge in [0.1, 0.15) is 63.5 Å². The highest BCUT2D eigenvalue weighted by atomic mass is 35.5. The first-order valence-electron chi connectivity index (χ1n) is 30.1. The van der Waals surface area contributed by atoms with Crippen molar-refractivity contribution in [2.45, 2.75) is 38.9 Å². The van der Waals surface area contributed by atoms with Crippen LogP contribution in [0.5, 0.6) is 0 Å². The van der Waals surface area contributed by atoms with Crippen LogP contribution in [0.3, 0.4) is 0 Å². The standard InChI is InChI=1S/C31H23F2N7O3S.C23H28BFN4O5S.C14H7ClFN3/c1-34-31(41)28-25-14-20(27(38(2)44(3,42)43)15-40(25)37-29(28)17-7-9-18(32)10-8-17)22-11-12-23-30(36-22)26-13-19-21(33)5-4-6-24(19)39(26)16-35-23;1-22(2)23(3,4)34-24(33-22)16-12-17-19(21(30)26-5)20(14-8-10-15(25)11-9-14)27-29(17)13-18(16)28(6)35(7,31)32;15-13-5-4-10-14(18-13)12-6-8-9(16)2-1-3-11(8)19(12)7-17-10/h4-16H,1-3H3,(H,34,41);8-13H,1-7H3,(H,26,30);1-7H. The Bertz CT molecular complexity index is 5860. The molecule has 0 aliphatic carbocycles. The van der Waals surface area contributed by atoms with Gasteiger partial charge in [-0.2, -0.15) is 10.2 Å². The Kier molecular flexibility index (Phi) is 16.5. The van der Waals surface area contributed by atoms with E-state index in [1.807, 2.05) is 38.2 Å². The largest absolute Gasteiger partial charge is 0.497 e. The molecule has 1 aliphatic rings. The Morgan fingerprint density at radius 1 is 0.551 bits per heavy atom. The van der Waals surface area contributed by atoms with Crippen molar-refractivity contribution in [3.8, 4) is 33.8 Å². The lowest BCUT2D eigenvalue weighted by Crippen LogP contribution is -2.41. The maximum Gasteiger partial charge on any atom is 0.497 e. The first-order valence-corrected chi connectivity index (χ1v) is 34.2. The molecule has 30 heteroatoms. The molecule has 1 fully saturated rings. The minimum absolute atomic E-state index is 0.215. The molecule has 11 heterocycles. The summed E-state index contributed by atoms with van der Waals surface area (Å²) >= 11 is 5.93. The summed E-state index contributed by atoms with van der Waals surface area (Å²) < 4.78 is 127. The smallest absolute Gasteiger partial charge is 0.399 e. The van der Waals surface area contributed by atoms with Gasteiger partial charge < -0.3 is 19.9 Å². The van der Waals surface area contributed by atoms with Crippen molar-refractivity contribution in [3.05, 3.63) is 198 Å². The van der Waals surface area contributed by atoms with Crippen LogP contribution in [-0.4, -0.2) is 136 Å². The van der Waals surface area contributed by atoms with Gasteiger partial charge in [-0.15, -0.1) is 0 Å². The van der Waals surface area contributed by atoms with Crippen molar-refractivity contribution in [1.82, 2.24) is 58.6 Å². The van der Waals surface area contributed by atoms with Crippen LogP contribution in [0.25, 0.3) is 99.7 Å². The summed E-state index contributed by atoms with van der Waals surface area (Å²) in [5.41, 5.74) is 8.54. The Labute approximate surface area is 562 Å². The van der Waals surface area contributed by atoms with E-state index in [0.29, 0.717) is 88.1 Å². The number of carbonyl (C=O) groups is 2. The summed E-state index contributed by atoms with van der Waals surface area (Å²) in [5, 5.41) is 15.8. The van der Waals surface area contributed by atoms with Gasteiger partial charge in [0.05, 0.1) is 108 Å². The summed E-state index contributed by atoms with van der Waals surface area (Å²) in [5.74, 6) is -2.33. The molecule has 14 aromatic rings. The topological polar surface area (TPSA) is 246 Å². The van der Waals surface area contributed by atoms with E-state index in [4.69, 9.17) is 25.9 Å². The number of aromatic nitrogens is 10. The molecule has 2 amide bonds. The maximum absolute atomic E-state index is 14.7. The van der Waals surface area contributed by atoms with E-state index < -0.39 is 61.8 Å². The number of sulfonamides is 2. The van der Waals surface area contributed by atoms with E-state index in [1.54, 1.807) is 83.8 Å². The highest BCUT2D eigenvalue weighted by molar-refractivity contribution is 7.92. The van der Waals surface area contributed by atoms with Crippen LogP contribution < -0.4 is 24.7 Å². The third-order valence-corrected chi connectivity index (χ3v) is 20.2. The second-order valence-electron chi connectivity index (χ2n) is 24.2. The molecule has 0 radical (unpaired) electrons. The lowest BCUT2D eigenvalue weighted by Gasteiger charge is -2.32. The van der Waals surface area contributed by atoms with Crippen LogP contribution in [-0.2, 0) is 29.4 Å². The molecule has 498 valence electrons. The average molecular weight is 1390 g/mol. The number of fused-ring (bicyclic) bond motifs is 12. The van der Waals surface area contributed by atoms with Gasteiger partial charge >= 0.3 is 7.12 Å². The molecule has 2 N–H and O–H groups in total. The lowest BCUT2D eigenvalue weighted by atomic mass is 9.78. The molecule has 0 saturated carbocycles. The molecule has 0 atom stereocenters. The van der Waals surface area contributed by atoms with E-state index >= 15 is 0 Å². The maximum atomic E-state index is 14.7. The predicted molar refractivity (Wildman–Crippen MR) is 370 cm³/mol. The molecule has 10 aromatic heterocycles. The number of nitrogens with zero attached hydrogens (tertiary/aromatic N) is 12. The van der Waals surface area contributed by atoms with Gasteiger partial charge in [0.25, 0.3) is 11.8 Å². The van der Waals surface area contributed by atoms with Gasteiger partial charge in [-0.3, -0.25) is 27.0 Å². The molecule has 98 heavy (non-hydrogen) atoms. The third kappa shape index (κ3) is 11.7. The Balaban J connectivity index is 0.000000142. The van der Waals surface area contributed by atoms with Crippen molar-refractivity contribution < 1.29 is 53.3 Å². The van der Waals surface area contributed by atoms with E-state index in [2.05, 4.69) is 35.8 Å². The van der Waals surface area contributed by atoms with E-state index in [1.165, 1.54) is 110 Å². The van der Waals surface area contributed by atoms with Gasteiger partial charge in [-0.1, -0.05) is 23.7 Å². The number of halogens is 5. The van der Waals surface area contributed by atoms with Crippen molar-refractivity contribution in [1.29, 1.82) is 0 Å². The van der Waals surface area contributed by atoms with Gasteiger partial charge in [0, 0.05) is 61.1 Å². The molecule has 22 nitrogen and oxygen atoms in total. The number of hydrogen-bond donors (Lipinski definition) is 2. The molecular weight excluding hydrogens is 1330 g/mol. The fourth-order valence-electron chi connectivity index (χ4n) is 11.6. The Morgan fingerprint density at radius 2 is 0.990 bits per heavy atom. The SMILES string of the molecule is CNC(=O)c1c(-c2ccc(F)cc2)nn2cc(N(C)S(C)(=O)=O)c(-c3ccc4ncn5c6cccc(F)c6cc5c4n3)cc12.CNC(=O)c1c(-c2ccc(F)cc2)nn2cc(N(C)S(C)(=O)=O)c(B3OC(C)(C)C(C)(C)O3)cc12.Fc1cccc2c1cc1c3nc(Cl)ccc3ncn21. The van der Waals surface area contributed by atoms with Crippen molar-refractivity contribution >= 4 is 133 Å². The van der Waals surface area contributed by atoms with Crippen LogP contribution in [0.4, 0.5) is 28.9 Å². The van der Waals surface area contributed by atoms with Crippen molar-refractivity contribution in [2.75, 3.05) is 49.3 Å². The number of carbonyl (C=O) groups excluding carboxylic acids is 2. The van der Waals surface area contributed by atoms with Gasteiger partial charge in [0.15, 0.2) is 0 Å². The van der Waals surface area contributed by atoms with Gasteiger partial charge in [-0.05, 0) is 149 Å². The monoisotopic (exact) mass is 1380 g/mol. The first kappa shape index (κ1) is 66.0. The second-order valence-corrected chi connectivity index (χ2v) is 28.6. The van der Waals surface area contributed by atoms with E-state index in [0.717, 1.165) is 37.7 Å². The number of pyridine rings is 4. The fourth-order valence-corrected chi connectivity index (χ4v) is 12.8. The number of hydrogen-bond acceptors (Lipinski definition) is 14. The van der Waals surface area contributed by atoms with Crippen LogP contribution in [0, 0.1) is 23.3 Å². The minimum Gasteiger partial charge on any atom is -0.399 e. The van der Waals surface area contributed by atoms with Gasteiger partial charge in [0.2, 0.25) is 20.0 Å². The minimum atomic E-state index is -3.75. The Hall–Kier alpha value is -10.6. The van der Waals surface area contributed by atoms with Crippen LogP contribution in [0.2, 0.25) is 5.15 Å². The van der Waals surface area contributed by atoms with Crippen LogP contribution in [0.15, 0.2) is 159 Å². The van der Waals surface area contributed by atoms with E-state index in [9.17, 15) is 44.0 Å². The van der Waals surface area contributed by atoms with Crippen LogP contribution >= 0.6 is 11.6 Å². The molecule has 1 saturated heterocycles. The second kappa shape index (κ2) is 24.5. The van der Waals surface area contributed by atoms with Crippen molar-refractivity contribution in [3.63, 3.8) is 0 Å². The molecular formula is C68H58BClF4N14O8S2. The number of nitrogens with one attached hydrogen (secondary N) is 2. The molecule has 4 aromatic carbocycles. The summed E-state index contributed by atoms with van der Waals surface area (Å²) in [4.78, 5) is 44.2. The van der Waals surface area contributed by atoms with Crippen molar-refractivity contribution in [2.24, 2.45) is 0 Å². The van der Waals surface area contributed by atoms with Crippen LogP contribution in [0.1, 0.15) is 48.4 Å². The number of amides is 2. The quantitative estimate of drug-likeness (QED) is 0.0735. The highest BCUT2D eigenvalue weighted by Gasteiger charge is 2.53. The Morgan fingerprint density at radius 3 is 1.46 bits per heavy atom. The zero-order chi connectivity index (χ0) is 69.8. The van der Waals surface area contributed by atoms with Gasteiger partial charge in [-0.25, -0.2) is 63.4 Å². The molecule has 1 aliphatic heterocycles. The normalized spacial score (nSPS) is 13.8. The predicted octanol–water partition coefficient (Wildman–Crippen LogP) is 11.1. The van der Waals surface area contributed by atoms with E-state index in [-0.39, 0.29) is 39.8 Å². The lowest BCUT2D eigenvalue weighted by molar-refractivity contribution is 0.00578. The fraction of sp³-hybridized carbons (Fsp3) is 0.176. The highest BCUT2D eigenvalue weighted by Crippen LogP contribution is 2.40. The first-order chi connectivity index (χ1) is 46.4. The number of benzene rings is 4. The summed E-state index contributed by atoms with van der Waals surface area (Å²) in [6.45, 7) is 7.58. The molecule has 0 bridgehead atoms. The molecule has 15 rings (SSSR count). The zero-order valence-corrected chi connectivity index (χ0v) is 56.3. The zero-order valence-electron chi connectivity index (χ0n) is 53.9. The summed E-state index contributed by atoms with van der Waals surface area (Å²) in [6.07, 6.45) is 8.48. The third-order valence-electron chi connectivity index (χ3n) is 17.6. The summed E-state index contributed by atoms with van der Waals surface area (Å²) in [7, 11) is -2.48. The molecule has 0 spiro atoms. The summed E-state index contributed by atoms with van der Waals surface area (Å²) in [6, 6.07) is 34.7. The average Bonchev–Trinajstić information content (AvgIpc) is 1.55.